The number of allylic oxidation sites excluding steroid dienone is 6. The van der Waals surface area contributed by atoms with Crippen molar-refractivity contribution >= 4 is 17.7 Å². The molecule has 2 saturated heterocycles. The summed E-state index contributed by atoms with van der Waals surface area (Å²) in [5, 5.41) is 62.6. The highest BCUT2D eigenvalue weighted by atomic mass is 16.7. The number of Topliss-reactive ketones (excluding diaryl/α,β-unsaturated/α-hetero) is 1. The van der Waals surface area contributed by atoms with Gasteiger partial charge in [-0.3, -0.25) is 9.59 Å². The number of carbonyl (C=O) groups is 3. The van der Waals surface area contributed by atoms with E-state index in [0.29, 0.717) is 6.42 Å². The molecule has 2 fully saturated rings. The van der Waals surface area contributed by atoms with Crippen molar-refractivity contribution in [1.82, 2.24) is 0 Å². The highest BCUT2D eigenvalue weighted by Crippen LogP contribution is 2.29. The van der Waals surface area contributed by atoms with Crippen molar-refractivity contribution in [3.63, 3.8) is 0 Å². The Bertz CT molecular complexity index is 1200. The van der Waals surface area contributed by atoms with E-state index in [4.69, 9.17) is 24.7 Å². The number of nitrogens with two attached hydrogens (primary N) is 1. The summed E-state index contributed by atoms with van der Waals surface area (Å²) < 4.78 is 22.2. The standard InChI is InChI=1S/C33H47NO13/c1-18-10-8-6-4-3-5-7-9-11-22(46-33-31(41)29(34)30(40)19(2)45-33)17-24(38)28(32(42)43)23(37)15-20(35)14-21(36)16-26-25(47-26)12-13-27(39)44-18/h3-9,11-13,18-19,21-26,28-31,33,36-38,40-41H,10,14-17,34H2,1-2H3,(H,42,43)/b4-3+,7-5+,8-6+,11-9+,13-12+/t18-,19-,21+,22+,23-,24+,25-,26-,28-,29+,30+,31+,33+/m1/s1. The minimum Gasteiger partial charge on any atom is -0.481 e. The molecule has 3 heterocycles. The van der Waals surface area contributed by atoms with Crippen molar-refractivity contribution in [2.24, 2.45) is 11.7 Å². The molecule has 3 aliphatic heterocycles. The molecule has 14 heteroatoms. The Kier molecular flexibility index (Phi) is 15.1. The predicted octanol–water partition coefficient (Wildman–Crippen LogP) is -0.0377. The number of hydrogen-bond acceptors (Lipinski definition) is 13. The monoisotopic (exact) mass is 665 g/mol. The SMILES string of the molecule is C[C@@H]1C/C=C/C=C/C=C/C=C/[C@H](O[C@@H]2O[C@H](C)[C@H](O)[C@H](N)[C@@H]2O)C[C@H](O)[C@H](C(=O)O)[C@H](O)CC(=O)C[C@H](O)C[C@H]2O[C@@H]2/C=C/C(=O)O1. The highest BCUT2D eigenvalue weighted by molar-refractivity contribution is 5.82. The fraction of sp³-hybridized carbons (Fsp3) is 0.606. The van der Waals surface area contributed by atoms with Crippen LogP contribution in [0.3, 0.4) is 0 Å². The first kappa shape index (κ1) is 38.4. The lowest BCUT2D eigenvalue weighted by Crippen LogP contribution is -2.61. The number of aliphatic carboxylic acids is 1. The zero-order valence-corrected chi connectivity index (χ0v) is 26.4. The fourth-order valence-corrected chi connectivity index (χ4v) is 5.33. The maximum absolute atomic E-state index is 12.6. The van der Waals surface area contributed by atoms with Crippen molar-refractivity contribution in [1.29, 1.82) is 0 Å². The minimum absolute atomic E-state index is 0.0692. The van der Waals surface area contributed by atoms with Gasteiger partial charge in [0.05, 0.1) is 48.8 Å². The minimum atomic E-state index is -1.80. The third-order valence-corrected chi connectivity index (χ3v) is 8.05. The molecule has 0 bridgehead atoms. The number of carboxylic acids is 1. The van der Waals surface area contributed by atoms with Gasteiger partial charge in [-0.15, -0.1) is 0 Å². The number of esters is 1. The van der Waals surface area contributed by atoms with Gasteiger partial charge < -0.3 is 55.3 Å². The molecule has 8 N–H and O–H groups in total. The molecule has 3 rings (SSSR count). The van der Waals surface area contributed by atoms with Gasteiger partial charge in [0.2, 0.25) is 0 Å². The van der Waals surface area contributed by atoms with Crippen molar-refractivity contribution < 1.29 is 64.0 Å². The van der Waals surface area contributed by atoms with Crippen LogP contribution >= 0.6 is 0 Å². The number of carbonyl (C=O) groups excluding carboxylic acids is 2. The van der Waals surface area contributed by atoms with E-state index in [1.54, 1.807) is 43.4 Å². The van der Waals surface area contributed by atoms with Crippen LogP contribution in [0.25, 0.3) is 0 Å². The molecule has 13 atom stereocenters. The van der Waals surface area contributed by atoms with Gasteiger partial charge in [-0.25, -0.2) is 4.79 Å². The van der Waals surface area contributed by atoms with E-state index in [0.717, 1.165) is 0 Å². The lowest BCUT2D eigenvalue weighted by atomic mass is 9.88. The first-order chi connectivity index (χ1) is 22.3. The fourth-order valence-electron chi connectivity index (χ4n) is 5.33. The zero-order valence-electron chi connectivity index (χ0n) is 26.4. The molecular formula is C33H47NO13. The molecule has 0 amide bonds. The second-order valence-corrected chi connectivity index (χ2v) is 12.1. The predicted molar refractivity (Wildman–Crippen MR) is 166 cm³/mol. The maximum atomic E-state index is 12.6. The number of hydrogen-bond donors (Lipinski definition) is 7. The number of aliphatic hydroxyl groups is 5. The Morgan fingerprint density at radius 2 is 1.55 bits per heavy atom. The van der Waals surface area contributed by atoms with Crippen molar-refractivity contribution in [2.75, 3.05) is 0 Å². The van der Waals surface area contributed by atoms with Crippen LogP contribution in [0.1, 0.15) is 46.0 Å². The summed E-state index contributed by atoms with van der Waals surface area (Å²) in [4.78, 5) is 36.9. The van der Waals surface area contributed by atoms with E-state index in [2.05, 4.69) is 0 Å². The first-order valence-corrected chi connectivity index (χ1v) is 15.7. The second-order valence-electron chi connectivity index (χ2n) is 12.1. The van der Waals surface area contributed by atoms with Crippen molar-refractivity contribution in [2.45, 2.75) is 119 Å². The van der Waals surface area contributed by atoms with Crippen LogP contribution in [0, 0.1) is 5.92 Å². The molecule has 0 aliphatic carbocycles. The lowest BCUT2D eigenvalue weighted by molar-refractivity contribution is -0.277. The highest BCUT2D eigenvalue weighted by Gasteiger charge is 2.43. The van der Waals surface area contributed by atoms with E-state index in [9.17, 15) is 45.0 Å². The summed E-state index contributed by atoms with van der Waals surface area (Å²) in [7, 11) is 0. The topological polar surface area (TPSA) is 239 Å². The Labute approximate surface area is 273 Å². The molecule has 0 unspecified atom stereocenters. The number of epoxide rings is 1. The lowest BCUT2D eigenvalue weighted by Gasteiger charge is -2.41. The van der Waals surface area contributed by atoms with E-state index >= 15 is 0 Å². The summed E-state index contributed by atoms with van der Waals surface area (Å²) in [6.07, 6.45) is 3.57. The van der Waals surface area contributed by atoms with E-state index in [-0.39, 0.29) is 25.4 Å². The number of aliphatic hydroxyl groups excluding tert-OH is 5. The van der Waals surface area contributed by atoms with Crippen LogP contribution in [0.5, 0.6) is 0 Å². The molecule has 0 aromatic heterocycles. The van der Waals surface area contributed by atoms with E-state index in [1.165, 1.54) is 25.2 Å². The Morgan fingerprint density at radius 3 is 2.26 bits per heavy atom. The van der Waals surface area contributed by atoms with Crippen LogP contribution in [-0.4, -0.2) is 122 Å². The Hall–Kier alpha value is -3.05. The molecule has 0 spiro atoms. The number of rotatable bonds is 3. The normalized spacial score (nSPS) is 43.4. The number of ketones is 1. The molecule has 14 nitrogen and oxygen atoms in total. The van der Waals surface area contributed by atoms with Gasteiger partial charge in [-0.1, -0.05) is 48.6 Å². The molecule has 0 saturated carbocycles. The third kappa shape index (κ3) is 12.5. The summed E-state index contributed by atoms with van der Waals surface area (Å²) in [5.41, 5.74) is 5.91. The average molecular weight is 666 g/mol. The second kappa shape index (κ2) is 18.5. The molecule has 0 radical (unpaired) electrons. The smallest absolute Gasteiger partial charge is 0.330 e. The first-order valence-electron chi connectivity index (χ1n) is 15.7. The number of ether oxygens (including phenoxy) is 4. The molecular weight excluding hydrogens is 618 g/mol. The van der Waals surface area contributed by atoms with Crippen LogP contribution in [0.15, 0.2) is 60.8 Å². The summed E-state index contributed by atoms with van der Waals surface area (Å²) in [5.74, 6) is -4.54. The van der Waals surface area contributed by atoms with Crippen LogP contribution < -0.4 is 5.73 Å². The number of fused-ring (bicyclic) bond motifs is 1. The Morgan fingerprint density at radius 1 is 0.872 bits per heavy atom. The quantitative estimate of drug-likeness (QED) is 0.155. The summed E-state index contributed by atoms with van der Waals surface area (Å²) in [6, 6.07) is -1.10. The largest absolute Gasteiger partial charge is 0.481 e. The summed E-state index contributed by atoms with van der Waals surface area (Å²) >= 11 is 0. The van der Waals surface area contributed by atoms with Gasteiger partial charge in [0, 0.05) is 38.2 Å². The van der Waals surface area contributed by atoms with Crippen molar-refractivity contribution in [3.8, 4) is 0 Å². The third-order valence-electron chi connectivity index (χ3n) is 8.05. The van der Waals surface area contributed by atoms with Crippen LogP contribution in [-0.2, 0) is 33.3 Å². The maximum Gasteiger partial charge on any atom is 0.330 e. The van der Waals surface area contributed by atoms with Crippen LogP contribution in [0.4, 0.5) is 0 Å². The van der Waals surface area contributed by atoms with Gasteiger partial charge >= 0.3 is 11.9 Å². The van der Waals surface area contributed by atoms with Crippen LogP contribution in [0.2, 0.25) is 0 Å². The number of carboxylic acid groups (broad SMARTS) is 1. The van der Waals surface area contributed by atoms with Gasteiger partial charge in [-0.2, -0.15) is 0 Å². The van der Waals surface area contributed by atoms with Crippen molar-refractivity contribution in [3.05, 3.63) is 60.8 Å². The Balaban J connectivity index is 1.79. The number of cyclic esters (lactones) is 1. The molecule has 0 aromatic carbocycles. The van der Waals surface area contributed by atoms with Gasteiger partial charge in [-0.05, 0) is 19.9 Å². The molecule has 0 aromatic rings. The molecule has 47 heavy (non-hydrogen) atoms. The zero-order chi connectivity index (χ0) is 34.7. The van der Waals surface area contributed by atoms with Gasteiger partial charge in [0.15, 0.2) is 6.29 Å². The average Bonchev–Trinajstić information content (AvgIpc) is 3.72. The van der Waals surface area contributed by atoms with E-state index in [1.807, 2.05) is 6.08 Å². The summed E-state index contributed by atoms with van der Waals surface area (Å²) in [6.45, 7) is 3.29. The van der Waals surface area contributed by atoms with Gasteiger partial charge in [0.25, 0.3) is 0 Å². The molecule has 262 valence electrons. The molecule has 3 aliphatic rings. The van der Waals surface area contributed by atoms with Gasteiger partial charge in [0.1, 0.15) is 30.0 Å². The van der Waals surface area contributed by atoms with E-state index < -0.39 is 97.3 Å².